The van der Waals surface area contributed by atoms with Gasteiger partial charge in [-0.1, -0.05) is 329 Å². The van der Waals surface area contributed by atoms with Crippen molar-refractivity contribution in [3.8, 4) is 0 Å². The van der Waals surface area contributed by atoms with Crippen LogP contribution in [0.3, 0.4) is 0 Å². The van der Waals surface area contributed by atoms with Gasteiger partial charge in [0.15, 0.2) is 6.10 Å². The van der Waals surface area contributed by atoms with Crippen LogP contribution in [0.1, 0.15) is 335 Å². The second-order valence-corrected chi connectivity index (χ2v) is 22.9. The zero-order valence-electron chi connectivity index (χ0n) is 52.8. The van der Waals surface area contributed by atoms with Gasteiger partial charge in [0.2, 0.25) is 0 Å². The maximum Gasteiger partial charge on any atom is 0.306 e. The summed E-state index contributed by atoms with van der Waals surface area (Å²) in [5.41, 5.74) is 0. The van der Waals surface area contributed by atoms with E-state index in [1.807, 2.05) is 0 Å². The third-order valence-electron chi connectivity index (χ3n) is 15.1. The third kappa shape index (κ3) is 67.1. The molecule has 0 rings (SSSR count). The molecular formula is C75H130O5. The lowest BCUT2D eigenvalue weighted by atomic mass is 10.0. The van der Waals surface area contributed by atoms with Crippen molar-refractivity contribution >= 4 is 11.9 Å². The second-order valence-electron chi connectivity index (χ2n) is 22.9. The molecular weight excluding hydrogens is 981 g/mol. The molecule has 0 fully saturated rings. The van der Waals surface area contributed by atoms with Crippen LogP contribution in [0.25, 0.3) is 0 Å². The Morgan fingerprint density at radius 3 is 0.825 bits per heavy atom. The Balaban J connectivity index is 3.48. The lowest BCUT2D eigenvalue weighted by Gasteiger charge is -2.15. The van der Waals surface area contributed by atoms with Crippen LogP contribution >= 0.6 is 0 Å². The quantitative estimate of drug-likeness (QED) is 0.0373. The number of rotatable bonds is 63. The van der Waals surface area contributed by atoms with Crippen molar-refractivity contribution in [2.45, 2.75) is 341 Å². The molecule has 0 heterocycles. The molecule has 0 spiro atoms. The number of allylic oxidation sites excluding steroid dienone is 18. The van der Waals surface area contributed by atoms with E-state index < -0.39 is 6.10 Å². The molecule has 460 valence electrons. The third-order valence-corrected chi connectivity index (χ3v) is 15.1. The van der Waals surface area contributed by atoms with E-state index in [1.54, 1.807) is 0 Å². The summed E-state index contributed by atoms with van der Waals surface area (Å²) in [6.45, 7) is 4.06. The van der Waals surface area contributed by atoms with Crippen LogP contribution in [-0.2, 0) is 19.1 Å². The highest BCUT2D eigenvalue weighted by atomic mass is 16.6. The zero-order chi connectivity index (χ0) is 57.6. The number of carbonyl (C=O) groups excluding carboxylic acids is 2. The minimum atomic E-state index is -0.778. The van der Waals surface area contributed by atoms with E-state index in [9.17, 15) is 14.7 Å². The van der Waals surface area contributed by atoms with Gasteiger partial charge in [-0.25, -0.2) is 0 Å². The molecule has 1 unspecified atom stereocenters. The van der Waals surface area contributed by atoms with Crippen LogP contribution in [-0.4, -0.2) is 36.4 Å². The monoisotopic (exact) mass is 1110 g/mol. The van der Waals surface area contributed by atoms with Crippen molar-refractivity contribution in [3.63, 3.8) is 0 Å². The molecule has 80 heavy (non-hydrogen) atoms. The lowest BCUT2D eigenvalue weighted by Crippen LogP contribution is -2.28. The normalized spacial score (nSPS) is 12.9. The number of ether oxygens (including phenoxy) is 2. The van der Waals surface area contributed by atoms with Gasteiger partial charge in [-0.15, -0.1) is 0 Å². The molecule has 0 saturated carbocycles. The Bertz CT molecular complexity index is 1540. The fourth-order valence-corrected chi connectivity index (χ4v) is 9.92. The maximum absolute atomic E-state index is 12.4. The molecule has 0 aromatic carbocycles. The molecule has 1 N–H and O–H groups in total. The van der Waals surface area contributed by atoms with Crippen molar-refractivity contribution in [2.24, 2.45) is 0 Å². The van der Waals surface area contributed by atoms with Gasteiger partial charge in [0.25, 0.3) is 0 Å². The molecule has 0 aromatic rings. The van der Waals surface area contributed by atoms with Gasteiger partial charge >= 0.3 is 11.9 Å². The van der Waals surface area contributed by atoms with E-state index in [0.29, 0.717) is 12.8 Å². The Morgan fingerprint density at radius 2 is 0.537 bits per heavy atom. The van der Waals surface area contributed by atoms with E-state index in [4.69, 9.17) is 9.47 Å². The molecule has 0 aliphatic rings. The van der Waals surface area contributed by atoms with Crippen LogP contribution in [0.4, 0.5) is 0 Å². The standard InChI is InChI=1S/C75H130O5/c1-3-5-7-9-11-13-15-17-19-21-23-25-27-29-31-32-33-34-35-36-37-38-39-40-41-42-44-46-48-50-52-54-56-58-60-62-64-66-68-70-75(78)80-73(71-76)72-79-74(77)69-67-65-63-61-59-57-55-53-51-49-47-45-43-30-28-26-24-22-20-18-16-14-12-10-8-6-4-2/h5,7,11,13,17,19,22-25,29,31,33-34,36-37,39-40,73,76H,3-4,6,8-10,12,14-16,18,20-21,26-28,30,32,35,38,41-72H2,1-2H3/b7-5-,13-11-,19-17-,24-22-,25-23-,31-29-,34-33-,37-36-,40-39-. The van der Waals surface area contributed by atoms with Crippen molar-refractivity contribution in [3.05, 3.63) is 109 Å². The smallest absolute Gasteiger partial charge is 0.306 e. The first-order valence-corrected chi connectivity index (χ1v) is 34.4. The SMILES string of the molecule is CC/C=C\C/C=C\C/C=C\C/C=C\C/C=C\C/C=C\C/C=C\C/C=C\CCCCCCCCCCCCCCCCC(=O)OC(CO)COC(=O)CCCCCCCCCCCCCCCCC/C=C\CCCCCCCCCC. The topological polar surface area (TPSA) is 72.8 Å². The van der Waals surface area contributed by atoms with Crippen molar-refractivity contribution < 1.29 is 24.2 Å². The molecule has 5 heteroatoms. The van der Waals surface area contributed by atoms with Gasteiger partial charge in [0.1, 0.15) is 6.61 Å². The van der Waals surface area contributed by atoms with Crippen LogP contribution < -0.4 is 0 Å². The van der Waals surface area contributed by atoms with E-state index in [2.05, 4.69) is 123 Å². The van der Waals surface area contributed by atoms with Gasteiger partial charge in [0, 0.05) is 12.8 Å². The van der Waals surface area contributed by atoms with Crippen LogP contribution in [0.15, 0.2) is 109 Å². The van der Waals surface area contributed by atoms with Crippen molar-refractivity contribution in [2.75, 3.05) is 13.2 Å². The van der Waals surface area contributed by atoms with Gasteiger partial charge in [-0.05, 0) is 103 Å². The Morgan fingerprint density at radius 1 is 0.300 bits per heavy atom. The minimum Gasteiger partial charge on any atom is -0.462 e. The lowest BCUT2D eigenvalue weighted by molar-refractivity contribution is -0.161. The molecule has 1 atom stereocenters. The Labute approximate surface area is 497 Å². The Kier molecular flexibility index (Phi) is 66.8. The van der Waals surface area contributed by atoms with Gasteiger partial charge < -0.3 is 14.6 Å². The van der Waals surface area contributed by atoms with Crippen LogP contribution in [0.5, 0.6) is 0 Å². The van der Waals surface area contributed by atoms with E-state index in [0.717, 1.165) is 89.9 Å². The van der Waals surface area contributed by atoms with E-state index in [-0.39, 0.29) is 25.2 Å². The predicted molar refractivity (Wildman–Crippen MR) is 352 cm³/mol. The molecule has 0 amide bonds. The number of aliphatic hydroxyl groups excluding tert-OH is 1. The summed E-state index contributed by atoms with van der Waals surface area (Å²) < 4.78 is 10.8. The first-order chi connectivity index (χ1) is 39.6. The summed E-state index contributed by atoms with van der Waals surface area (Å²) in [5, 5.41) is 9.70. The Hall–Kier alpha value is -3.44. The van der Waals surface area contributed by atoms with Gasteiger partial charge in [-0.3, -0.25) is 9.59 Å². The fraction of sp³-hybridized carbons (Fsp3) is 0.733. The highest BCUT2D eigenvalue weighted by Gasteiger charge is 2.16. The molecule has 5 nitrogen and oxygen atoms in total. The average molecular weight is 1110 g/mol. The molecule has 0 bridgehead atoms. The fourth-order valence-electron chi connectivity index (χ4n) is 9.92. The highest BCUT2D eigenvalue weighted by molar-refractivity contribution is 5.70. The van der Waals surface area contributed by atoms with Crippen LogP contribution in [0, 0.1) is 0 Å². The summed E-state index contributed by atoms with van der Waals surface area (Å²) in [6, 6.07) is 0. The van der Waals surface area contributed by atoms with Crippen molar-refractivity contribution in [1.82, 2.24) is 0 Å². The summed E-state index contributed by atoms with van der Waals surface area (Å²) in [4.78, 5) is 24.6. The minimum absolute atomic E-state index is 0.0665. The number of esters is 2. The van der Waals surface area contributed by atoms with Gasteiger partial charge in [0.05, 0.1) is 6.61 Å². The van der Waals surface area contributed by atoms with Gasteiger partial charge in [-0.2, -0.15) is 0 Å². The van der Waals surface area contributed by atoms with Crippen LogP contribution in [0.2, 0.25) is 0 Å². The molecule has 0 radical (unpaired) electrons. The number of hydrogen-bond acceptors (Lipinski definition) is 5. The number of hydrogen-bond donors (Lipinski definition) is 1. The summed E-state index contributed by atoms with van der Waals surface area (Å²) in [5.74, 6) is -0.581. The summed E-state index contributed by atoms with van der Waals surface area (Å²) >= 11 is 0. The highest BCUT2D eigenvalue weighted by Crippen LogP contribution is 2.17. The van der Waals surface area contributed by atoms with E-state index in [1.165, 1.54) is 218 Å². The zero-order valence-corrected chi connectivity index (χ0v) is 52.8. The maximum atomic E-state index is 12.4. The summed E-state index contributed by atoms with van der Waals surface area (Å²) in [6.07, 6.45) is 101. The number of aliphatic hydroxyl groups is 1. The predicted octanol–water partition coefficient (Wildman–Crippen LogP) is 24.0. The molecule has 0 aliphatic carbocycles. The van der Waals surface area contributed by atoms with E-state index >= 15 is 0 Å². The molecule has 0 aromatic heterocycles. The largest absolute Gasteiger partial charge is 0.462 e. The van der Waals surface area contributed by atoms with Crippen molar-refractivity contribution in [1.29, 1.82) is 0 Å². The first-order valence-electron chi connectivity index (χ1n) is 34.4. The second kappa shape index (κ2) is 69.8. The average Bonchev–Trinajstić information content (AvgIpc) is 3.46. The number of unbranched alkanes of at least 4 members (excludes halogenated alkanes) is 37. The first kappa shape index (κ1) is 76.6. The molecule has 0 saturated heterocycles. The molecule has 0 aliphatic heterocycles. The summed E-state index contributed by atoms with van der Waals surface area (Å²) in [7, 11) is 0. The number of carbonyl (C=O) groups is 2.